The van der Waals surface area contributed by atoms with Crippen LogP contribution >= 0.6 is 0 Å². The topological polar surface area (TPSA) is 88.0 Å². The predicted molar refractivity (Wildman–Crippen MR) is 64.6 cm³/mol. The summed E-state index contributed by atoms with van der Waals surface area (Å²) in [5.41, 5.74) is 1.33. The number of hydrogen-bond donors (Lipinski definition) is 2. The van der Waals surface area contributed by atoms with Gasteiger partial charge < -0.3 is 10.2 Å². The SMILES string of the molecule is N#Cc1ccc(O)c(C#N)c1-c1ccc(O)cc1. The van der Waals surface area contributed by atoms with E-state index in [0.717, 1.165) is 0 Å². The molecule has 0 aliphatic carbocycles. The lowest BCUT2D eigenvalue weighted by molar-refractivity contribution is 0.474. The van der Waals surface area contributed by atoms with Crippen LogP contribution in [0.25, 0.3) is 11.1 Å². The van der Waals surface area contributed by atoms with Gasteiger partial charge in [0, 0.05) is 5.56 Å². The van der Waals surface area contributed by atoms with Crippen molar-refractivity contribution < 1.29 is 10.2 Å². The Balaban J connectivity index is 2.77. The summed E-state index contributed by atoms with van der Waals surface area (Å²) in [6.07, 6.45) is 0. The molecule has 4 heteroatoms. The number of aromatic hydroxyl groups is 2. The van der Waals surface area contributed by atoms with Crippen LogP contribution in [0.5, 0.6) is 11.5 Å². The van der Waals surface area contributed by atoms with Gasteiger partial charge in [-0.15, -0.1) is 0 Å². The molecule has 18 heavy (non-hydrogen) atoms. The van der Waals surface area contributed by atoms with Crippen molar-refractivity contribution in [1.29, 1.82) is 10.5 Å². The molecule has 0 aliphatic heterocycles. The van der Waals surface area contributed by atoms with Crippen molar-refractivity contribution in [2.24, 2.45) is 0 Å². The third-order valence-electron chi connectivity index (χ3n) is 2.57. The van der Waals surface area contributed by atoms with Crippen molar-refractivity contribution in [1.82, 2.24) is 0 Å². The van der Waals surface area contributed by atoms with E-state index in [0.29, 0.717) is 16.7 Å². The van der Waals surface area contributed by atoms with Crippen molar-refractivity contribution in [3.8, 4) is 34.8 Å². The largest absolute Gasteiger partial charge is 0.508 e. The maximum absolute atomic E-state index is 9.65. The normalized spacial score (nSPS) is 9.44. The number of phenolic OH excluding ortho intramolecular Hbond substituents is 2. The number of phenols is 2. The Labute approximate surface area is 104 Å². The molecule has 0 aliphatic rings. The van der Waals surface area contributed by atoms with Gasteiger partial charge in [0.25, 0.3) is 0 Å². The second kappa shape index (κ2) is 4.48. The molecule has 2 aromatic rings. The van der Waals surface area contributed by atoms with E-state index < -0.39 is 0 Å². The van der Waals surface area contributed by atoms with Gasteiger partial charge in [0.15, 0.2) is 0 Å². The highest BCUT2D eigenvalue weighted by molar-refractivity contribution is 5.79. The van der Waals surface area contributed by atoms with Crippen LogP contribution in [0.2, 0.25) is 0 Å². The summed E-state index contributed by atoms with van der Waals surface area (Å²) in [6.45, 7) is 0. The zero-order chi connectivity index (χ0) is 13.1. The first-order chi connectivity index (χ1) is 8.67. The summed E-state index contributed by atoms with van der Waals surface area (Å²) >= 11 is 0. The number of nitrogens with zero attached hydrogens (tertiary/aromatic N) is 2. The summed E-state index contributed by atoms with van der Waals surface area (Å²) in [5.74, 6) is -0.0736. The Morgan fingerprint density at radius 3 is 2.06 bits per heavy atom. The van der Waals surface area contributed by atoms with E-state index in [1.165, 1.54) is 24.3 Å². The molecule has 0 amide bonds. The van der Waals surface area contributed by atoms with E-state index in [1.807, 2.05) is 12.1 Å². The quantitative estimate of drug-likeness (QED) is 0.796. The zero-order valence-electron chi connectivity index (χ0n) is 9.25. The number of benzene rings is 2. The van der Waals surface area contributed by atoms with Crippen LogP contribution in [0.1, 0.15) is 11.1 Å². The molecule has 0 fully saturated rings. The van der Waals surface area contributed by atoms with Gasteiger partial charge in [0.05, 0.1) is 11.6 Å². The summed E-state index contributed by atoms with van der Waals surface area (Å²) in [5, 5.41) is 37.0. The van der Waals surface area contributed by atoms with Gasteiger partial charge in [-0.2, -0.15) is 10.5 Å². The molecule has 2 rings (SSSR count). The van der Waals surface area contributed by atoms with E-state index in [-0.39, 0.29) is 17.1 Å². The molecule has 2 N–H and O–H groups in total. The minimum atomic E-state index is -0.167. The molecule has 0 radical (unpaired) electrons. The van der Waals surface area contributed by atoms with Gasteiger partial charge in [-0.25, -0.2) is 0 Å². The first-order valence-electron chi connectivity index (χ1n) is 5.13. The van der Waals surface area contributed by atoms with E-state index in [2.05, 4.69) is 0 Å². The van der Waals surface area contributed by atoms with Crippen LogP contribution in [0, 0.1) is 22.7 Å². The molecule has 0 atom stereocenters. The molecule has 0 saturated heterocycles. The predicted octanol–water partition coefficient (Wildman–Crippen LogP) is 2.51. The molecular weight excluding hydrogens is 228 g/mol. The second-order valence-electron chi connectivity index (χ2n) is 3.65. The van der Waals surface area contributed by atoms with Crippen LogP contribution in [0.3, 0.4) is 0 Å². The van der Waals surface area contributed by atoms with Crippen LogP contribution in [-0.4, -0.2) is 10.2 Å². The second-order valence-corrected chi connectivity index (χ2v) is 3.65. The fraction of sp³-hybridized carbons (Fsp3) is 0. The van der Waals surface area contributed by atoms with E-state index in [9.17, 15) is 10.2 Å². The van der Waals surface area contributed by atoms with E-state index in [1.54, 1.807) is 12.1 Å². The van der Waals surface area contributed by atoms with Crippen molar-refractivity contribution in [2.45, 2.75) is 0 Å². The lowest BCUT2D eigenvalue weighted by Gasteiger charge is -2.08. The minimum absolute atomic E-state index is 0.0553. The smallest absolute Gasteiger partial charge is 0.134 e. The average Bonchev–Trinajstić information content (AvgIpc) is 2.39. The Kier molecular flexibility index (Phi) is 2.87. The summed E-state index contributed by atoms with van der Waals surface area (Å²) < 4.78 is 0. The van der Waals surface area contributed by atoms with Gasteiger partial charge >= 0.3 is 0 Å². The molecule has 2 aromatic carbocycles. The minimum Gasteiger partial charge on any atom is -0.508 e. The van der Waals surface area contributed by atoms with Gasteiger partial charge in [-0.3, -0.25) is 0 Å². The average molecular weight is 236 g/mol. The summed E-state index contributed by atoms with van der Waals surface area (Å²) in [4.78, 5) is 0. The molecule has 0 bridgehead atoms. The van der Waals surface area contributed by atoms with Crippen molar-refractivity contribution >= 4 is 0 Å². The lowest BCUT2D eigenvalue weighted by Crippen LogP contribution is -1.90. The maximum atomic E-state index is 9.65. The highest BCUT2D eigenvalue weighted by Crippen LogP contribution is 2.33. The standard InChI is InChI=1S/C14H8N2O2/c15-7-10-3-6-13(18)12(8-16)14(10)9-1-4-11(17)5-2-9/h1-6,17-18H. The molecule has 0 aromatic heterocycles. The number of rotatable bonds is 1. The molecular formula is C14H8N2O2. The van der Waals surface area contributed by atoms with Crippen LogP contribution in [-0.2, 0) is 0 Å². The Morgan fingerprint density at radius 2 is 1.50 bits per heavy atom. The van der Waals surface area contributed by atoms with Crippen molar-refractivity contribution in [3.63, 3.8) is 0 Å². The van der Waals surface area contributed by atoms with Crippen LogP contribution < -0.4 is 0 Å². The summed E-state index contributed by atoms with van der Waals surface area (Å²) in [6, 6.07) is 12.7. The van der Waals surface area contributed by atoms with Gasteiger partial charge in [0.2, 0.25) is 0 Å². The first kappa shape index (κ1) is 11.5. The third kappa shape index (κ3) is 1.83. The monoisotopic (exact) mass is 236 g/mol. The maximum Gasteiger partial charge on any atom is 0.134 e. The Morgan fingerprint density at radius 1 is 0.833 bits per heavy atom. The Hall–Kier alpha value is -2.98. The molecule has 4 nitrogen and oxygen atoms in total. The molecule has 0 heterocycles. The summed E-state index contributed by atoms with van der Waals surface area (Å²) in [7, 11) is 0. The van der Waals surface area contributed by atoms with Crippen molar-refractivity contribution in [2.75, 3.05) is 0 Å². The third-order valence-corrected chi connectivity index (χ3v) is 2.57. The number of hydrogen-bond acceptors (Lipinski definition) is 4. The molecule has 0 saturated carbocycles. The zero-order valence-corrected chi connectivity index (χ0v) is 9.25. The molecule has 0 spiro atoms. The van der Waals surface area contributed by atoms with E-state index in [4.69, 9.17) is 10.5 Å². The number of nitriles is 2. The highest BCUT2D eigenvalue weighted by atomic mass is 16.3. The Bertz CT molecular complexity index is 677. The molecule has 86 valence electrons. The van der Waals surface area contributed by atoms with Crippen LogP contribution in [0.15, 0.2) is 36.4 Å². The van der Waals surface area contributed by atoms with Gasteiger partial charge in [0.1, 0.15) is 23.1 Å². The van der Waals surface area contributed by atoms with Gasteiger partial charge in [-0.1, -0.05) is 12.1 Å². The first-order valence-corrected chi connectivity index (χ1v) is 5.13. The fourth-order valence-corrected chi connectivity index (χ4v) is 1.73. The van der Waals surface area contributed by atoms with Crippen molar-refractivity contribution in [3.05, 3.63) is 47.5 Å². The lowest BCUT2D eigenvalue weighted by atomic mass is 9.94. The van der Waals surface area contributed by atoms with Crippen LogP contribution in [0.4, 0.5) is 0 Å². The van der Waals surface area contributed by atoms with E-state index >= 15 is 0 Å². The van der Waals surface area contributed by atoms with Gasteiger partial charge in [-0.05, 0) is 29.8 Å². The molecule has 0 unspecified atom stereocenters. The highest BCUT2D eigenvalue weighted by Gasteiger charge is 2.14. The fourth-order valence-electron chi connectivity index (χ4n) is 1.73.